The summed E-state index contributed by atoms with van der Waals surface area (Å²) in [6, 6.07) is 7.36. The molecule has 0 amide bonds. The molecule has 100 valence electrons. The molecule has 1 aliphatic rings. The van der Waals surface area contributed by atoms with Crippen molar-refractivity contribution >= 4 is 5.69 Å². The van der Waals surface area contributed by atoms with Gasteiger partial charge >= 0.3 is 0 Å². The van der Waals surface area contributed by atoms with E-state index in [1.165, 1.54) is 5.56 Å². The van der Waals surface area contributed by atoms with Crippen LogP contribution in [0.3, 0.4) is 0 Å². The van der Waals surface area contributed by atoms with E-state index in [2.05, 4.69) is 15.5 Å². The van der Waals surface area contributed by atoms with Crippen LogP contribution in [0.25, 0.3) is 0 Å². The molecule has 1 aliphatic carbocycles. The third kappa shape index (κ3) is 2.35. The lowest BCUT2D eigenvalue weighted by Gasteiger charge is -2.37. The summed E-state index contributed by atoms with van der Waals surface area (Å²) in [5.41, 5.74) is 4.47. The normalized spacial score (nSPS) is 22.1. The summed E-state index contributed by atoms with van der Waals surface area (Å²) in [6.07, 6.45) is 2.19. The molecule has 1 heterocycles. The van der Waals surface area contributed by atoms with Crippen molar-refractivity contribution in [3.05, 3.63) is 47.0 Å². The van der Waals surface area contributed by atoms with Gasteiger partial charge in [-0.25, -0.2) is 4.39 Å². The number of anilines is 1. The van der Waals surface area contributed by atoms with Crippen LogP contribution in [-0.2, 0) is 0 Å². The summed E-state index contributed by atoms with van der Waals surface area (Å²) < 4.78 is 12.9. The van der Waals surface area contributed by atoms with Crippen LogP contribution in [-0.4, -0.2) is 16.2 Å². The minimum atomic E-state index is -0.164. The van der Waals surface area contributed by atoms with E-state index < -0.39 is 0 Å². The SMILES string of the molecule is Cc1n[nH]c(C)c1NC1CC(c2ccc(F)cc2)C1. The van der Waals surface area contributed by atoms with E-state index in [0.717, 1.165) is 29.9 Å². The standard InChI is InChI=1S/C15H18FN3/c1-9-15(10(2)19-18-9)17-14-7-12(8-14)11-3-5-13(16)6-4-11/h3-6,12,14,17H,7-8H2,1-2H3,(H,18,19). The van der Waals surface area contributed by atoms with Crippen molar-refractivity contribution in [1.82, 2.24) is 10.2 Å². The predicted molar refractivity (Wildman–Crippen MR) is 73.8 cm³/mol. The van der Waals surface area contributed by atoms with Crippen molar-refractivity contribution in [2.24, 2.45) is 0 Å². The van der Waals surface area contributed by atoms with Gasteiger partial charge in [-0.05, 0) is 50.3 Å². The van der Waals surface area contributed by atoms with Crippen LogP contribution >= 0.6 is 0 Å². The molecular weight excluding hydrogens is 241 g/mol. The maximum Gasteiger partial charge on any atom is 0.123 e. The summed E-state index contributed by atoms with van der Waals surface area (Å²) in [5, 5.41) is 10.7. The minimum Gasteiger partial charge on any atom is -0.379 e. The minimum absolute atomic E-state index is 0.164. The van der Waals surface area contributed by atoms with Gasteiger partial charge in [-0.1, -0.05) is 12.1 Å². The Morgan fingerprint density at radius 2 is 1.89 bits per heavy atom. The number of aryl methyl sites for hydroxylation is 2. The zero-order valence-electron chi connectivity index (χ0n) is 11.2. The molecule has 1 fully saturated rings. The highest BCUT2D eigenvalue weighted by molar-refractivity contribution is 5.52. The highest BCUT2D eigenvalue weighted by Gasteiger charge is 2.30. The Labute approximate surface area is 112 Å². The van der Waals surface area contributed by atoms with Crippen LogP contribution < -0.4 is 5.32 Å². The Balaban J connectivity index is 1.60. The zero-order valence-corrected chi connectivity index (χ0v) is 11.2. The van der Waals surface area contributed by atoms with Gasteiger partial charge in [-0.3, -0.25) is 5.10 Å². The molecule has 1 saturated carbocycles. The first-order valence-electron chi connectivity index (χ1n) is 6.67. The van der Waals surface area contributed by atoms with E-state index >= 15 is 0 Å². The van der Waals surface area contributed by atoms with Crippen LogP contribution in [0.5, 0.6) is 0 Å². The Morgan fingerprint density at radius 1 is 1.21 bits per heavy atom. The van der Waals surface area contributed by atoms with Crippen molar-refractivity contribution in [2.75, 3.05) is 5.32 Å². The summed E-state index contributed by atoms with van der Waals surface area (Å²) >= 11 is 0. The van der Waals surface area contributed by atoms with Gasteiger partial charge in [0.1, 0.15) is 5.82 Å². The second-order valence-electron chi connectivity index (χ2n) is 5.37. The molecule has 0 saturated heterocycles. The number of hydrogen-bond acceptors (Lipinski definition) is 2. The topological polar surface area (TPSA) is 40.7 Å². The fourth-order valence-corrected chi connectivity index (χ4v) is 2.71. The third-order valence-electron chi connectivity index (χ3n) is 3.96. The molecule has 0 atom stereocenters. The van der Waals surface area contributed by atoms with E-state index in [1.54, 1.807) is 12.1 Å². The molecule has 2 aromatic rings. The third-order valence-corrected chi connectivity index (χ3v) is 3.96. The number of nitrogens with zero attached hydrogens (tertiary/aromatic N) is 1. The molecule has 0 spiro atoms. The lowest BCUT2D eigenvalue weighted by Crippen LogP contribution is -2.34. The maximum atomic E-state index is 12.9. The van der Waals surface area contributed by atoms with Crippen molar-refractivity contribution in [2.45, 2.75) is 38.6 Å². The molecule has 1 aromatic heterocycles. The van der Waals surface area contributed by atoms with E-state index in [4.69, 9.17) is 0 Å². The van der Waals surface area contributed by atoms with Gasteiger partial charge in [-0.15, -0.1) is 0 Å². The molecule has 0 radical (unpaired) electrons. The average molecular weight is 259 g/mol. The molecule has 19 heavy (non-hydrogen) atoms. The van der Waals surface area contributed by atoms with Crippen LogP contribution in [0, 0.1) is 19.7 Å². The molecule has 0 unspecified atom stereocenters. The predicted octanol–water partition coefficient (Wildman–Crippen LogP) is 3.52. The van der Waals surface area contributed by atoms with Crippen LogP contribution in [0.15, 0.2) is 24.3 Å². The summed E-state index contributed by atoms with van der Waals surface area (Å²) in [7, 11) is 0. The average Bonchev–Trinajstić information content (AvgIpc) is 2.66. The van der Waals surface area contributed by atoms with Gasteiger partial charge in [0, 0.05) is 6.04 Å². The smallest absolute Gasteiger partial charge is 0.123 e. The van der Waals surface area contributed by atoms with Gasteiger partial charge in [0.05, 0.1) is 17.1 Å². The Morgan fingerprint density at radius 3 is 2.47 bits per heavy atom. The second kappa shape index (κ2) is 4.68. The van der Waals surface area contributed by atoms with Gasteiger partial charge < -0.3 is 5.32 Å². The number of aromatic amines is 1. The van der Waals surface area contributed by atoms with Crippen molar-refractivity contribution in [1.29, 1.82) is 0 Å². The molecule has 2 N–H and O–H groups in total. The van der Waals surface area contributed by atoms with Gasteiger partial charge in [0.15, 0.2) is 0 Å². The molecule has 3 rings (SSSR count). The molecule has 0 aliphatic heterocycles. The first kappa shape index (κ1) is 12.2. The first-order chi connectivity index (χ1) is 9.13. The Hall–Kier alpha value is -1.84. The highest BCUT2D eigenvalue weighted by atomic mass is 19.1. The number of benzene rings is 1. The van der Waals surface area contributed by atoms with Crippen molar-refractivity contribution in [3.8, 4) is 0 Å². The van der Waals surface area contributed by atoms with Crippen LogP contribution in [0.2, 0.25) is 0 Å². The first-order valence-corrected chi connectivity index (χ1v) is 6.67. The van der Waals surface area contributed by atoms with E-state index in [-0.39, 0.29) is 5.82 Å². The maximum absolute atomic E-state index is 12.9. The summed E-state index contributed by atoms with van der Waals surface area (Å²) in [5.74, 6) is 0.382. The van der Waals surface area contributed by atoms with Gasteiger partial charge in [-0.2, -0.15) is 5.10 Å². The molecule has 1 aromatic carbocycles. The van der Waals surface area contributed by atoms with E-state index in [0.29, 0.717) is 12.0 Å². The molecule has 0 bridgehead atoms. The number of hydrogen-bond donors (Lipinski definition) is 2. The van der Waals surface area contributed by atoms with Crippen LogP contribution in [0.4, 0.5) is 10.1 Å². The number of rotatable bonds is 3. The number of H-pyrrole nitrogens is 1. The Kier molecular flexibility index (Phi) is 3.01. The summed E-state index contributed by atoms with van der Waals surface area (Å²) in [6.45, 7) is 4.03. The fraction of sp³-hybridized carbons (Fsp3) is 0.400. The second-order valence-corrected chi connectivity index (χ2v) is 5.37. The number of aromatic nitrogens is 2. The Bertz CT molecular complexity index is 548. The molecule has 3 nitrogen and oxygen atoms in total. The molecule has 4 heteroatoms. The number of halogens is 1. The number of nitrogens with one attached hydrogen (secondary N) is 2. The lowest BCUT2D eigenvalue weighted by molar-refractivity contribution is 0.373. The summed E-state index contributed by atoms with van der Waals surface area (Å²) in [4.78, 5) is 0. The zero-order chi connectivity index (χ0) is 13.4. The largest absolute Gasteiger partial charge is 0.379 e. The van der Waals surface area contributed by atoms with Crippen molar-refractivity contribution < 1.29 is 4.39 Å². The highest BCUT2D eigenvalue weighted by Crippen LogP contribution is 2.39. The van der Waals surface area contributed by atoms with Crippen LogP contribution in [0.1, 0.15) is 35.7 Å². The van der Waals surface area contributed by atoms with Crippen molar-refractivity contribution in [3.63, 3.8) is 0 Å². The molecular formula is C15H18FN3. The van der Waals surface area contributed by atoms with E-state index in [9.17, 15) is 4.39 Å². The van der Waals surface area contributed by atoms with Gasteiger partial charge in [0.25, 0.3) is 0 Å². The van der Waals surface area contributed by atoms with Gasteiger partial charge in [0.2, 0.25) is 0 Å². The lowest BCUT2D eigenvalue weighted by atomic mass is 9.76. The van der Waals surface area contributed by atoms with E-state index in [1.807, 2.05) is 26.0 Å². The monoisotopic (exact) mass is 259 g/mol. The fourth-order valence-electron chi connectivity index (χ4n) is 2.71. The quantitative estimate of drug-likeness (QED) is 0.885.